The number of para-hydroxylation sites is 1. The molecule has 0 fully saturated rings. The normalized spacial score (nSPS) is 13.7. The standard InChI is InChI=1S/C25H18ClFN4O2/c1-14(30-24-21-18(28-13-29-24)11-6-12-19(21)32)23-22(27)16-9-5-10-17(26)20(16)25(33)31(23)15-7-3-2-4-8-15/h2-10,12-14H,11H2,1H3,(H,28,29,30)/t14-/m0/s1. The van der Waals surface area contributed by atoms with E-state index in [0.717, 1.165) is 0 Å². The lowest BCUT2D eigenvalue weighted by atomic mass is 10.0. The summed E-state index contributed by atoms with van der Waals surface area (Å²) in [5.74, 6) is -0.512. The molecule has 0 aliphatic heterocycles. The largest absolute Gasteiger partial charge is 0.361 e. The van der Waals surface area contributed by atoms with E-state index in [-0.39, 0.29) is 27.3 Å². The Kier molecular flexibility index (Phi) is 5.26. The van der Waals surface area contributed by atoms with Gasteiger partial charge in [-0.15, -0.1) is 0 Å². The summed E-state index contributed by atoms with van der Waals surface area (Å²) in [5.41, 5.74) is 1.11. The Bertz CT molecular complexity index is 1500. The minimum atomic E-state index is -0.723. The van der Waals surface area contributed by atoms with E-state index >= 15 is 4.39 Å². The molecule has 1 aliphatic carbocycles. The van der Waals surface area contributed by atoms with Crippen LogP contribution in [0.3, 0.4) is 0 Å². The fourth-order valence-electron chi connectivity index (χ4n) is 4.18. The molecule has 2 aromatic heterocycles. The highest BCUT2D eigenvalue weighted by Crippen LogP contribution is 2.31. The van der Waals surface area contributed by atoms with Gasteiger partial charge in [-0.2, -0.15) is 0 Å². The first-order valence-corrected chi connectivity index (χ1v) is 10.7. The first-order chi connectivity index (χ1) is 16.0. The van der Waals surface area contributed by atoms with Crippen LogP contribution >= 0.6 is 11.6 Å². The van der Waals surface area contributed by atoms with Gasteiger partial charge in [0.1, 0.15) is 12.1 Å². The lowest BCUT2D eigenvalue weighted by Gasteiger charge is -2.23. The lowest BCUT2D eigenvalue weighted by molar-refractivity contribution is 0.104. The van der Waals surface area contributed by atoms with E-state index in [4.69, 9.17) is 11.6 Å². The monoisotopic (exact) mass is 460 g/mol. The average Bonchev–Trinajstić information content (AvgIpc) is 2.81. The van der Waals surface area contributed by atoms with Gasteiger partial charge in [0.25, 0.3) is 5.56 Å². The van der Waals surface area contributed by atoms with Crippen LogP contribution in [0.1, 0.15) is 34.7 Å². The number of benzene rings is 2. The number of fused-ring (bicyclic) bond motifs is 2. The molecule has 164 valence electrons. The summed E-state index contributed by atoms with van der Waals surface area (Å²) < 4.78 is 17.3. The predicted octanol–water partition coefficient (Wildman–Crippen LogP) is 5.04. The molecule has 1 aliphatic rings. The van der Waals surface area contributed by atoms with Crippen molar-refractivity contribution >= 4 is 34.0 Å². The molecule has 1 N–H and O–H groups in total. The number of ketones is 1. The number of anilines is 1. The Hall–Kier alpha value is -3.84. The van der Waals surface area contributed by atoms with Gasteiger partial charge in [0.05, 0.1) is 33.4 Å². The molecule has 0 radical (unpaired) electrons. The maximum absolute atomic E-state index is 16.0. The van der Waals surface area contributed by atoms with Crippen molar-refractivity contribution in [1.82, 2.24) is 14.5 Å². The number of nitrogens with zero attached hydrogens (tertiary/aromatic N) is 3. The second-order valence-electron chi connectivity index (χ2n) is 7.72. The molecule has 5 rings (SSSR count). The summed E-state index contributed by atoms with van der Waals surface area (Å²) in [4.78, 5) is 34.5. The molecule has 4 aromatic rings. The summed E-state index contributed by atoms with van der Waals surface area (Å²) in [7, 11) is 0. The van der Waals surface area contributed by atoms with E-state index in [0.29, 0.717) is 29.2 Å². The van der Waals surface area contributed by atoms with Crippen LogP contribution in [0.5, 0.6) is 0 Å². The van der Waals surface area contributed by atoms with Crippen molar-refractivity contribution in [3.05, 3.63) is 105 Å². The molecule has 0 saturated carbocycles. The van der Waals surface area contributed by atoms with E-state index in [1.807, 2.05) is 6.07 Å². The SMILES string of the molecule is C[C@H](Nc1ncnc2c1C(=O)C=CC2)c1c(F)c2cccc(Cl)c2c(=O)n1-c1ccccc1. The Morgan fingerprint density at radius 1 is 1.09 bits per heavy atom. The smallest absolute Gasteiger partial charge is 0.264 e. The van der Waals surface area contributed by atoms with Crippen molar-refractivity contribution < 1.29 is 9.18 Å². The molecule has 8 heteroatoms. The number of pyridine rings is 1. The van der Waals surface area contributed by atoms with Crippen LogP contribution in [0.2, 0.25) is 5.02 Å². The molecule has 6 nitrogen and oxygen atoms in total. The highest BCUT2D eigenvalue weighted by atomic mass is 35.5. The van der Waals surface area contributed by atoms with Gasteiger partial charge in [-0.3, -0.25) is 14.2 Å². The van der Waals surface area contributed by atoms with Crippen molar-refractivity contribution in [1.29, 1.82) is 0 Å². The fourth-order valence-corrected chi connectivity index (χ4v) is 4.43. The van der Waals surface area contributed by atoms with Crippen LogP contribution in [0.25, 0.3) is 16.5 Å². The zero-order chi connectivity index (χ0) is 23.1. The second kappa shape index (κ2) is 8.26. The van der Waals surface area contributed by atoms with E-state index < -0.39 is 17.4 Å². The summed E-state index contributed by atoms with van der Waals surface area (Å²) in [6.45, 7) is 1.71. The predicted molar refractivity (Wildman–Crippen MR) is 126 cm³/mol. The van der Waals surface area contributed by atoms with Crippen LogP contribution < -0.4 is 10.9 Å². The van der Waals surface area contributed by atoms with E-state index in [1.54, 1.807) is 49.4 Å². The van der Waals surface area contributed by atoms with Crippen LogP contribution in [-0.4, -0.2) is 20.3 Å². The van der Waals surface area contributed by atoms with E-state index in [1.165, 1.54) is 23.0 Å². The molecular weight excluding hydrogens is 443 g/mol. The lowest BCUT2D eigenvalue weighted by Crippen LogP contribution is -2.28. The Labute approximate surface area is 193 Å². The fraction of sp³-hybridized carbons (Fsp3) is 0.120. The molecule has 33 heavy (non-hydrogen) atoms. The Morgan fingerprint density at radius 2 is 1.88 bits per heavy atom. The highest BCUT2D eigenvalue weighted by molar-refractivity contribution is 6.35. The van der Waals surface area contributed by atoms with Crippen LogP contribution in [0.4, 0.5) is 10.2 Å². The first kappa shape index (κ1) is 21.0. The number of halogens is 2. The second-order valence-corrected chi connectivity index (χ2v) is 8.13. The summed E-state index contributed by atoms with van der Waals surface area (Å²) >= 11 is 6.29. The Balaban J connectivity index is 1.73. The Morgan fingerprint density at radius 3 is 2.67 bits per heavy atom. The third-order valence-electron chi connectivity index (χ3n) is 5.66. The topological polar surface area (TPSA) is 76.9 Å². The summed E-state index contributed by atoms with van der Waals surface area (Å²) in [6, 6.07) is 12.8. The van der Waals surface area contributed by atoms with E-state index in [2.05, 4.69) is 15.3 Å². The maximum atomic E-state index is 16.0. The van der Waals surface area contributed by atoms with Gasteiger partial charge in [0.2, 0.25) is 0 Å². The minimum Gasteiger partial charge on any atom is -0.361 e. The van der Waals surface area contributed by atoms with Gasteiger partial charge >= 0.3 is 0 Å². The number of allylic oxidation sites excluding steroid dienone is 2. The quantitative estimate of drug-likeness (QED) is 0.461. The maximum Gasteiger partial charge on any atom is 0.264 e. The van der Waals surface area contributed by atoms with E-state index in [9.17, 15) is 9.59 Å². The third-order valence-corrected chi connectivity index (χ3v) is 5.98. The first-order valence-electron chi connectivity index (χ1n) is 10.4. The molecule has 0 spiro atoms. The number of carbonyl (C=O) groups is 1. The van der Waals surface area contributed by atoms with Crippen molar-refractivity contribution in [2.24, 2.45) is 0 Å². The van der Waals surface area contributed by atoms with Gasteiger partial charge < -0.3 is 5.32 Å². The number of hydrogen-bond donors (Lipinski definition) is 1. The average molecular weight is 461 g/mol. The molecule has 2 aromatic carbocycles. The number of nitrogens with one attached hydrogen (secondary N) is 1. The van der Waals surface area contributed by atoms with Crippen molar-refractivity contribution in [2.75, 3.05) is 5.32 Å². The third kappa shape index (κ3) is 3.50. The van der Waals surface area contributed by atoms with Gasteiger partial charge in [-0.1, -0.05) is 48.0 Å². The molecule has 1 atom stereocenters. The molecule has 0 unspecified atom stereocenters. The minimum absolute atomic E-state index is 0.104. The highest BCUT2D eigenvalue weighted by Gasteiger charge is 2.26. The molecule has 0 saturated heterocycles. The van der Waals surface area contributed by atoms with Crippen LogP contribution in [-0.2, 0) is 6.42 Å². The van der Waals surface area contributed by atoms with Gasteiger partial charge in [-0.05, 0) is 31.2 Å². The molecule has 2 heterocycles. The molecule has 0 bridgehead atoms. The zero-order valence-electron chi connectivity index (χ0n) is 17.5. The number of hydrogen-bond acceptors (Lipinski definition) is 5. The van der Waals surface area contributed by atoms with Crippen molar-refractivity contribution in [3.8, 4) is 5.69 Å². The summed E-state index contributed by atoms with van der Waals surface area (Å²) in [6.07, 6.45) is 5.08. The number of carbonyl (C=O) groups excluding carboxylic acids is 1. The van der Waals surface area contributed by atoms with Gasteiger partial charge in [-0.25, -0.2) is 14.4 Å². The van der Waals surface area contributed by atoms with Crippen LogP contribution in [0.15, 0.2) is 71.8 Å². The van der Waals surface area contributed by atoms with Crippen molar-refractivity contribution in [2.45, 2.75) is 19.4 Å². The summed E-state index contributed by atoms with van der Waals surface area (Å²) in [5, 5.41) is 3.55. The molecular formula is C25H18ClFN4O2. The number of rotatable bonds is 4. The van der Waals surface area contributed by atoms with Crippen LogP contribution in [0, 0.1) is 5.82 Å². The van der Waals surface area contributed by atoms with Crippen molar-refractivity contribution in [3.63, 3.8) is 0 Å². The zero-order valence-corrected chi connectivity index (χ0v) is 18.3. The van der Waals surface area contributed by atoms with Gasteiger partial charge in [0, 0.05) is 17.5 Å². The number of aromatic nitrogens is 3. The molecule has 0 amide bonds. The van der Waals surface area contributed by atoms with Gasteiger partial charge in [0.15, 0.2) is 11.6 Å².